The number of nitrogens with zero attached hydrogens (tertiary/aromatic N) is 3. The highest BCUT2D eigenvalue weighted by atomic mass is 16.5. The van der Waals surface area contributed by atoms with Crippen molar-refractivity contribution in [3.05, 3.63) is 11.7 Å². The average molecular weight is 277 g/mol. The number of rotatable bonds is 5. The Bertz CT molecular complexity index is 459. The number of carbonyl (C=O) groups is 1. The molecule has 1 saturated carbocycles. The zero-order valence-corrected chi connectivity index (χ0v) is 12.2. The molecule has 1 aromatic rings. The summed E-state index contributed by atoms with van der Waals surface area (Å²) in [6.07, 6.45) is 7.26. The number of aromatic nitrogens is 2. The second-order valence-corrected chi connectivity index (χ2v) is 6.04. The zero-order chi connectivity index (χ0) is 13.9. The lowest BCUT2D eigenvalue weighted by Crippen LogP contribution is -2.38. The number of carbonyl (C=O) groups excluding carboxylic acids is 1. The summed E-state index contributed by atoms with van der Waals surface area (Å²) in [4.78, 5) is 18.1. The van der Waals surface area contributed by atoms with Gasteiger partial charge in [-0.2, -0.15) is 4.98 Å². The van der Waals surface area contributed by atoms with Crippen molar-refractivity contribution < 1.29 is 9.32 Å². The predicted molar refractivity (Wildman–Crippen MR) is 74.2 cm³/mol. The summed E-state index contributed by atoms with van der Waals surface area (Å²) in [6.45, 7) is 3.76. The minimum absolute atomic E-state index is 0.288. The van der Waals surface area contributed by atoms with Crippen molar-refractivity contribution in [3.8, 4) is 0 Å². The van der Waals surface area contributed by atoms with Crippen molar-refractivity contribution >= 4 is 5.91 Å². The van der Waals surface area contributed by atoms with Gasteiger partial charge in [-0.3, -0.25) is 4.79 Å². The maximum absolute atomic E-state index is 11.6. The average Bonchev–Trinajstić information content (AvgIpc) is 3.24. The number of amides is 1. The van der Waals surface area contributed by atoms with Gasteiger partial charge in [0.1, 0.15) is 0 Å². The van der Waals surface area contributed by atoms with Crippen LogP contribution in [0, 0.1) is 5.92 Å². The van der Waals surface area contributed by atoms with Gasteiger partial charge in [-0.25, -0.2) is 0 Å². The van der Waals surface area contributed by atoms with Crippen LogP contribution in [0.25, 0.3) is 0 Å². The van der Waals surface area contributed by atoms with Crippen LogP contribution in [0.1, 0.15) is 63.1 Å². The fourth-order valence-electron chi connectivity index (χ4n) is 2.89. The van der Waals surface area contributed by atoms with E-state index in [2.05, 4.69) is 10.1 Å². The van der Waals surface area contributed by atoms with E-state index in [1.165, 1.54) is 12.8 Å². The summed E-state index contributed by atoms with van der Waals surface area (Å²) < 4.78 is 5.28. The molecule has 0 bridgehead atoms. The second-order valence-electron chi connectivity index (χ2n) is 6.04. The standard InChI is InChI=1S/C15H23N3O2/c1-2-14(19)18-9-7-11(8-10-18)3-6-13-16-15(20-17-13)12-4-5-12/h11-12H,2-10H2,1H3. The molecule has 2 aliphatic rings. The van der Waals surface area contributed by atoms with Crippen LogP contribution in [0.3, 0.4) is 0 Å². The smallest absolute Gasteiger partial charge is 0.229 e. The van der Waals surface area contributed by atoms with E-state index in [9.17, 15) is 4.79 Å². The lowest BCUT2D eigenvalue weighted by molar-refractivity contribution is -0.132. The summed E-state index contributed by atoms with van der Waals surface area (Å²) in [6, 6.07) is 0. The summed E-state index contributed by atoms with van der Waals surface area (Å²) in [5, 5.41) is 4.07. The molecule has 1 aromatic heterocycles. The van der Waals surface area contributed by atoms with Crippen LogP contribution < -0.4 is 0 Å². The molecule has 20 heavy (non-hydrogen) atoms. The highest BCUT2D eigenvalue weighted by Gasteiger charge is 2.29. The van der Waals surface area contributed by atoms with Crippen molar-refractivity contribution in [2.24, 2.45) is 5.92 Å². The van der Waals surface area contributed by atoms with Gasteiger partial charge in [0.05, 0.1) is 0 Å². The molecule has 3 rings (SSSR count). The van der Waals surface area contributed by atoms with Gasteiger partial charge in [0, 0.05) is 31.8 Å². The Morgan fingerprint density at radius 1 is 1.30 bits per heavy atom. The van der Waals surface area contributed by atoms with Crippen molar-refractivity contribution in [2.45, 2.75) is 57.8 Å². The number of hydrogen-bond donors (Lipinski definition) is 0. The molecule has 1 aliphatic carbocycles. The fourth-order valence-corrected chi connectivity index (χ4v) is 2.89. The highest BCUT2D eigenvalue weighted by molar-refractivity contribution is 5.75. The molecule has 0 atom stereocenters. The SMILES string of the molecule is CCC(=O)N1CCC(CCc2noc(C3CC3)n2)CC1. The van der Waals surface area contributed by atoms with Gasteiger partial charge in [0.25, 0.3) is 0 Å². The Kier molecular flexibility index (Phi) is 4.03. The van der Waals surface area contributed by atoms with Gasteiger partial charge in [0.2, 0.25) is 11.8 Å². The minimum Gasteiger partial charge on any atom is -0.343 e. The maximum Gasteiger partial charge on any atom is 0.229 e. The normalized spacial score (nSPS) is 20.4. The molecule has 110 valence electrons. The first-order chi connectivity index (χ1) is 9.76. The summed E-state index contributed by atoms with van der Waals surface area (Å²) in [5.74, 6) is 3.22. The van der Waals surface area contributed by atoms with Gasteiger partial charge in [-0.1, -0.05) is 12.1 Å². The Morgan fingerprint density at radius 3 is 2.70 bits per heavy atom. The number of likely N-dealkylation sites (tertiary alicyclic amines) is 1. The van der Waals surface area contributed by atoms with Crippen LogP contribution in [0.15, 0.2) is 4.52 Å². The molecule has 2 heterocycles. The Morgan fingerprint density at radius 2 is 2.05 bits per heavy atom. The molecule has 0 aromatic carbocycles. The van der Waals surface area contributed by atoms with Crippen molar-refractivity contribution in [2.75, 3.05) is 13.1 Å². The first kappa shape index (κ1) is 13.6. The third-order valence-corrected chi connectivity index (χ3v) is 4.46. The second kappa shape index (κ2) is 5.94. The third kappa shape index (κ3) is 3.19. The fraction of sp³-hybridized carbons (Fsp3) is 0.800. The van der Waals surface area contributed by atoms with E-state index < -0.39 is 0 Å². The Labute approximate surface area is 119 Å². The van der Waals surface area contributed by atoms with E-state index >= 15 is 0 Å². The topological polar surface area (TPSA) is 59.2 Å². The van der Waals surface area contributed by atoms with E-state index in [4.69, 9.17) is 4.52 Å². The summed E-state index contributed by atoms with van der Waals surface area (Å²) >= 11 is 0. The molecule has 0 radical (unpaired) electrons. The largest absolute Gasteiger partial charge is 0.343 e. The van der Waals surface area contributed by atoms with Gasteiger partial charge in [-0.05, 0) is 38.0 Å². The number of aryl methyl sites for hydroxylation is 1. The van der Waals surface area contributed by atoms with Crippen molar-refractivity contribution in [1.82, 2.24) is 15.0 Å². The van der Waals surface area contributed by atoms with Gasteiger partial charge < -0.3 is 9.42 Å². The zero-order valence-electron chi connectivity index (χ0n) is 12.2. The molecule has 1 amide bonds. The van der Waals surface area contributed by atoms with E-state index in [0.717, 1.165) is 50.5 Å². The molecule has 0 spiro atoms. The molecular formula is C15H23N3O2. The van der Waals surface area contributed by atoms with Gasteiger partial charge >= 0.3 is 0 Å². The van der Waals surface area contributed by atoms with E-state index in [1.807, 2.05) is 11.8 Å². The number of piperidine rings is 1. The lowest BCUT2D eigenvalue weighted by Gasteiger charge is -2.31. The maximum atomic E-state index is 11.6. The summed E-state index contributed by atoms with van der Waals surface area (Å²) in [7, 11) is 0. The van der Waals surface area contributed by atoms with Crippen LogP contribution >= 0.6 is 0 Å². The molecule has 5 nitrogen and oxygen atoms in total. The third-order valence-electron chi connectivity index (χ3n) is 4.46. The molecule has 5 heteroatoms. The molecule has 0 N–H and O–H groups in total. The molecule has 1 aliphatic heterocycles. The Hall–Kier alpha value is -1.39. The van der Waals surface area contributed by atoms with Crippen LogP contribution in [0.4, 0.5) is 0 Å². The van der Waals surface area contributed by atoms with E-state index in [1.54, 1.807) is 0 Å². The molecule has 1 saturated heterocycles. The molecular weight excluding hydrogens is 254 g/mol. The first-order valence-corrected chi connectivity index (χ1v) is 7.86. The Balaban J connectivity index is 1.41. The van der Waals surface area contributed by atoms with Crippen LogP contribution in [-0.4, -0.2) is 34.0 Å². The van der Waals surface area contributed by atoms with Crippen molar-refractivity contribution in [3.63, 3.8) is 0 Å². The first-order valence-electron chi connectivity index (χ1n) is 7.86. The van der Waals surface area contributed by atoms with Crippen molar-refractivity contribution in [1.29, 1.82) is 0 Å². The molecule has 0 unspecified atom stereocenters. The summed E-state index contributed by atoms with van der Waals surface area (Å²) in [5.41, 5.74) is 0. The van der Waals surface area contributed by atoms with Crippen LogP contribution in [0.5, 0.6) is 0 Å². The van der Waals surface area contributed by atoms with Crippen LogP contribution in [-0.2, 0) is 11.2 Å². The monoisotopic (exact) mass is 277 g/mol. The predicted octanol–water partition coefficient (Wildman–Crippen LogP) is 2.53. The van der Waals surface area contributed by atoms with E-state index in [-0.39, 0.29) is 5.91 Å². The highest BCUT2D eigenvalue weighted by Crippen LogP contribution is 2.38. The van der Waals surface area contributed by atoms with Gasteiger partial charge in [0.15, 0.2) is 5.82 Å². The van der Waals surface area contributed by atoms with Crippen LogP contribution in [0.2, 0.25) is 0 Å². The quantitative estimate of drug-likeness (QED) is 0.829. The number of hydrogen-bond acceptors (Lipinski definition) is 4. The van der Waals surface area contributed by atoms with E-state index in [0.29, 0.717) is 18.3 Å². The lowest BCUT2D eigenvalue weighted by atomic mass is 9.92. The molecule has 2 fully saturated rings. The van der Waals surface area contributed by atoms with Gasteiger partial charge in [-0.15, -0.1) is 0 Å². The minimum atomic E-state index is 0.288.